The summed E-state index contributed by atoms with van der Waals surface area (Å²) in [7, 11) is 1.76. The van der Waals surface area contributed by atoms with Crippen LogP contribution in [0, 0.1) is 0 Å². The second kappa shape index (κ2) is 6.15. The first kappa shape index (κ1) is 15.7. The van der Waals surface area contributed by atoms with Crippen molar-refractivity contribution in [2.45, 2.75) is 12.1 Å². The van der Waals surface area contributed by atoms with E-state index in [2.05, 4.69) is 15.4 Å². The van der Waals surface area contributed by atoms with E-state index in [1.807, 2.05) is 0 Å². The minimum Gasteiger partial charge on any atom is -0.396 e. The average molecular weight is 338 g/mol. The molecule has 1 aliphatic rings. The van der Waals surface area contributed by atoms with Gasteiger partial charge in [-0.05, 0) is 6.07 Å². The topological polar surface area (TPSA) is 115 Å². The van der Waals surface area contributed by atoms with E-state index in [4.69, 9.17) is 22.1 Å². The van der Waals surface area contributed by atoms with Crippen LogP contribution in [0.3, 0.4) is 0 Å². The fraction of sp³-hybridized carbons (Fsp3) is 0.357. The summed E-state index contributed by atoms with van der Waals surface area (Å²) in [5.41, 5.74) is 7.54. The van der Waals surface area contributed by atoms with E-state index >= 15 is 0 Å². The number of aliphatic hydroxyl groups is 1. The van der Waals surface area contributed by atoms with Crippen LogP contribution in [0.5, 0.6) is 0 Å². The van der Waals surface area contributed by atoms with Gasteiger partial charge in [0.05, 0.1) is 48.5 Å². The van der Waals surface area contributed by atoms with Crippen LogP contribution in [0.1, 0.15) is 10.4 Å². The zero-order valence-corrected chi connectivity index (χ0v) is 13.1. The van der Waals surface area contributed by atoms with Crippen molar-refractivity contribution < 1.29 is 14.6 Å². The zero-order valence-electron chi connectivity index (χ0n) is 12.4. The van der Waals surface area contributed by atoms with Gasteiger partial charge in [0.1, 0.15) is 5.15 Å². The van der Waals surface area contributed by atoms with E-state index in [0.717, 1.165) is 0 Å². The Bertz CT molecular complexity index is 748. The maximum Gasteiger partial charge on any atom is 0.253 e. The molecule has 0 aromatic carbocycles. The van der Waals surface area contributed by atoms with Crippen LogP contribution in [0.15, 0.2) is 18.5 Å². The van der Waals surface area contributed by atoms with E-state index in [1.165, 1.54) is 6.07 Å². The van der Waals surface area contributed by atoms with Gasteiger partial charge in [0.15, 0.2) is 0 Å². The Morgan fingerprint density at radius 1 is 1.57 bits per heavy atom. The lowest BCUT2D eigenvalue weighted by Crippen LogP contribution is -2.42. The molecule has 0 bridgehead atoms. The summed E-state index contributed by atoms with van der Waals surface area (Å²) in [4.78, 5) is 16.6. The summed E-state index contributed by atoms with van der Waals surface area (Å²) in [5, 5.41) is 16.6. The highest BCUT2D eigenvalue weighted by Crippen LogP contribution is 2.29. The van der Waals surface area contributed by atoms with Crippen molar-refractivity contribution in [3.8, 4) is 11.3 Å². The number of hydrogen-bond acceptors (Lipinski definition) is 6. The van der Waals surface area contributed by atoms with Crippen LogP contribution in [0.25, 0.3) is 11.3 Å². The molecule has 2 aromatic heterocycles. The molecule has 0 saturated carbocycles. The van der Waals surface area contributed by atoms with Gasteiger partial charge in [0.2, 0.25) is 0 Å². The van der Waals surface area contributed by atoms with Gasteiger partial charge in [-0.25, -0.2) is 4.98 Å². The molecule has 8 nitrogen and oxygen atoms in total. The summed E-state index contributed by atoms with van der Waals surface area (Å²) in [6, 6.07) is 0.921. The number of halogens is 1. The van der Waals surface area contributed by atoms with Crippen molar-refractivity contribution in [3.63, 3.8) is 0 Å². The largest absolute Gasteiger partial charge is 0.396 e. The number of nitrogens with two attached hydrogens (primary N) is 1. The number of hydrogen-bond donors (Lipinski definition) is 3. The minimum atomic E-state index is -0.740. The van der Waals surface area contributed by atoms with Crippen LogP contribution >= 0.6 is 11.6 Å². The van der Waals surface area contributed by atoms with Crippen LogP contribution in [0.2, 0.25) is 5.15 Å². The summed E-state index contributed by atoms with van der Waals surface area (Å²) in [5.74, 6) is -0.438. The maximum atomic E-state index is 12.4. The third kappa shape index (κ3) is 3.14. The molecule has 4 N–H and O–H groups in total. The number of aryl methyl sites for hydroxylation is 1. The van der Waals surface area contributed by atoms with Crippen molar-refractivity contribution in [1.29, 1.82) is 0 Å². The number of carbonyl (C=O) groups is 1. The highest BCUT2D eigenvalue weighted by Gasteiger charge is 2.29. The Morgan fingerprint density at radius 3 is 2.96 bits per heavy atom. The number of nitrogens with one attached hydrogen (secondary N) is 1. The first-order valence-electron chi connectivity index (χ1n) is 6.97. The molecular formula is C14H16ClN5O3. The zero-order chi connectivity index (χ0) is 16.6. The summed E-state index contributed by atoms with van der Waals surface area (Å²) >= 11 is 6.02. The van der Waals surface area contributed by atoms with Gasteiger partial charge in [-0.2, -0.15) is 5.10 Å². The lowest BCUT2D eigenvalue weighted by Gasteiger charge is -2.16. The first-order valence-corrected chi connectivity index (χ1v) is 7.35. The molecule has 1 aliphatic heterocycles. The number of amides is 1. The standard InChI is InChI=1S/C14H16ClN5O3/c1-20-4-7(3-17-20)13-12(16)8(2-11(15)19-13)14(22)18-9-5-23-6-10(9)21/h2-4,9-10,21H,5-6,16H2,1H3,(H,18,22)/t9-,10-/m0/s1. The fourth-order valence-electron chi connectivity index (χ4n) is 2.40. The van der Waals surface area contributed by atoms with E-state index in [-0.39, 0.29) is 29.6 Å². The molecule has 0 unspecified atom stereocenters. The third-order valence-corrected chi connectivity index (χ3v) is 3.81. The van der Waals surface area contributed by atoms with Gasteiger partial charge >= 0.3 is 0 Å². The monoisotopic (exact) mass is 337 g/mol. The maximum absolute atomic E-state index is 12.4. The van der Waals surface area contributed by atoms with Crippen molar-refractivity contribution >= 4 is 23.2 Å². The van der Waals surface area contributed by atoms with Gasteiger partial charge in [-0.15, -0.1) is 0 Å². The van der Waals surface area contributed by atoms with Gasteiger partial charge in [-0.1, -0.05) is 11.6 Å². The lowest BCUT2D eigenvalue weighted by atomic mass is 10.1. The summed E-state index contributed by atoms with van der Waals surface area (Å²) < 4.78 is 6.71. The highest BCUT2D eigenvalue weighted by atomic mass is 35.5. The van der Waals surface area contributed by atoms with Gasteiger partial charge in [0.25, 0.3) is 5.91 Å². The minimum absolute atomic E-state index is 0.145. The van der Waals surface area contributed by atoms with Crippen LogP contribution in [-0.4, -0.2) is 51.1 Å². The van der Waals surface area contributed by atoms with Gasteiger partial charge in [0, 0.05) is 18.8 Å². The number of aliphatic hydroxyl groups excluding tert-OH is 1. The van der Waals surface area contributed by atoms with Crippen molar-refractivity contribution in [3.05, 3.63) is 29.2 Å². The molecule has 3 rings (SSSR count). The molecule has 9 heteroatoms. The molecule has 0 aliphatic carbocycles. The number of carbonyl (C=O) groups excluding carboxylic acids is 1. The van der Waals surface area contributed by atoms with E-state index in [9.17, 15) is 9.90 Å². The van der Waals surface area contributed by atoms with Crippen molar-refractivity contribution in [2.24, 2.45) is 7.05 Å². The van der Waals surface area contributed by atoms with Crippen molar-refractivity contribution in [2.75, 3.05) is 18.9 Å². The molecule has 2 atom stereocenters. The SMILES string of the molecule is Cn1cc(-c2nc(Cl)cc(C(=O)N[C@H]3COC[C@@H]3O)c2N)cn1. The summed E-state index contributed by atoms with van der Waals surface area (Å²) in [6.45, 7) is 0.444. The molecule has 1 fully saturated rings. The molecule has 0 spiro atoms. The summed E-state index contributed by atoms with van der Waals surface area (Å²) in [6.07, 6.45) is 2.58. The molecule has 1 saturated heterocycles. The Balaban J connectivity index is 1.93. The molecule has 1 amide bonds. The molecule has 0 radical (unpaired) electrons. The van der Waals surface area contributed by atoms with Crippen molar-refractivity contribution in [1.82, 2.24) is 20.1 Å². The van der Waals surface area contributed by atoms with Crippen LogP contribution in [0.4, 0.5) is 5.69 Å². The van der Waals surface area contributed by atoms with Crippen LogP contribution < -0.4 is 11.1 Å². The second-order valence-corrected chi connectivity index (χ2v) is 5.73. The third-order valence-electron chi connectivity index (χ3n) is 3.62. The molecule has 122 valence electrons. The van der Waals surface area contributed by atoms with Crippen LogP contribution in [-0.2, 0) is 11.8 Å². The smallest absolute Gasteiger partial charge is 0.253 e. The predicted octanol–water partition coefficient (Wildman–Crippen LogP) is 0.207. The Morgan fingerprint density at radius 2 is 2.35 bits per heavy atom. The Labute approximate surface area is 137 Å². The number of ether oxygens (including phenoxy) is 1. The fourth-order valence-corrected chi connectivity index (χ4v) is 2.60. The molecular weight excluding hydrogens is 322 g/mol. The number of nitrogen functional groups attached to an aromatic ring is 1. The predicted molar refractivity (Wildman–Crippen MR) is 83.9 cm³/mol. The lowest BCUT2D eigenvalue weighted by molar-refractivity contribution is 0.0887. The average Bonchev–Trinajstić information content (AvgIpc) is 3.10. The van der Waals surface area contributed by atoms with E-state index in [1.54, 1.807) is 24.1 Å². The molecule has 2 aromatic rings. The normalized spacial score (nSPS) is 20.7. The quantitative estimate of drug-likeness (QED) is 0.689. The van der Waals surface area contributed by atoms with Gasteiger partial charge < -0.3 is 20.9 Å². The first-order chi connectivity index (χ1) is 11.0. The van der Waals surface area contributed by atoms with E-state index < -0.39 is 18.1 Å². The molecule has 3 heterocycles. The highest BCUT2D eigenvalue weighted by molar-refractivity contribution is 6.30. The number of aromatic nitrogens is 3. The Kier molecular flexibility index (Phi) is 4.20. The number of pyridine rings is 1. The Hall–Kier alpha value is -2.16. The number of anilines is 1. The van der Waals surface area contributed by atoms with E-state index in [0.29, 0.717) is 11.3 Å². The number of rotatable bonds is 3. The van der Waals surface area contributed by atoms with Gasteiger partial charge in [-0.3, -0.25) is 9.48 Å². The number of nitrogens with zero attached hydrogens (tertiary/aromatic N) is 3. The second-order valence-electron chi connectivity index (χ2n) is 5.34. The molecule has 23 heavy (non-hydrogen) atoms.